The van der Waals surface area contributed by atoms with Gasteiger partial charge in [0.1, 0.15) is 0 Å². The van der Waals surface area contributed by atoms with Crippen LogP contribution in [0.4, 0.5) is 26.3 Å². The number of halogens is 7. The van der Waals surface area contributed by atoms with Crippen molar-refractivity contribution < 1.29 is 34.8 Å². The number of benzene rings is 1. The Kier molecular flexibility index (Phi) is 4.12. The van der Waals surface area contributed by atoms with Crippen LogP contribution in [0.5, 0.6) is 0 Å². The van der Waals surface area contributed by atoms with Crippen LogP contribution < -0.4 is 0 Å². The van der Waals surface area contributed by atoms with E-state index in [-0.39, 0.29) is 6.07 Å². The van der Waals surface area contributed by atoms with Crippen molar-refractivity contribution in [3.63, 3.8) is 0 Å². The Bertz CT molecular complexity index is 543. The molecule has 1 rings (SSSR count). The van der Waals surface area contributed by atoms with E-state index in [0.29, 0.717) is 12.1 Å². The second kappa shape index (κ2) is 4.86. The summed E-state index contributed by atoms with van der Waals surface area (Å²) in [5.74, 6) is -1.12. The van der Waals surface area contributed by atoms with E-state index in [4.69, 9.17) is 10.7 Å². The molecule has 0 N–H and O–H groups in total. The number of alkyl halides is 6. The fourth-order valence-corrected chi connectivity index (χ4v) is 2.24. The Balaban J connectivity index is 3.41. The molecule has 0 aromatic heterocycles. The monoisotopic (exact) mass is 326 g/mol. The average Bonchev–Trinajstić information content (AvgIpc) is 2.11. The summed E-state index contributed by atoms with van der Waals surface area (Å²) < 4.78 is 96.0. The fraction of sp³-hybridized carbons (Fsp3) is 0.333. The van der Waals surface area contributed by atoms with Gasteiger partial charge in [0.2, 0.25) is 9.05 Å². The largest absolute Gasteiger partial charge is 0.416 e. The van der Waals surface area contributed by atoms with Crippen LogP contribution in [-0.2, 0) is 27.2 Å². The molecule has 0 radical (unpaired) electrons. The predicted octanol–water partition coefficient (Wildman–Crippen LogP) is 3.79. The van der Waals surface area contributed by atoms with Gasteiger partial charge in [0.05, 0.1) is 16.9 Å². The maximum Gasteiger partial charge on any atom is 0.416 e. The molecular weight excluding hydrogens is 322 g/mol. The average molecular weight is 327 g/mol. The van der Waals surface area contributed by atoms with E-state index >= 15 is 0 Å². The maximum atomic E-state index is 12.4. The molecule has 10 heteroatoms. The summed E-state index contributed by atoms with van der Waals surface area (Å²) in [5.41, 5.74) is -3.85. The number of rotatable bonds is 2. The van der Waals surface area contributed by atoms with Crippen molar-refractivity contribution in [1.82, 2.24) is 0 Å². The first-order valence-corrected chi connectivity index (χ1v) is 6.97. The lowest BCUT2D eigenvalue weighted by Gasteiger charge is -2.13. The van der Waals surface area contributed by atoms with E-state index in [0.717, 1.165) is 0 Å². The minimum Gasteiger partial charge on any atom is -0.212 e. The Morgan fingerprint density at radius 2 is 1.26 bits per heavy atom. The van der Waals surface area contributed by atoms with Gasteiger partial charge in [-0.2, -0.15) is 26.3 Å². The summed E-state index contributed by atoms with van der Waals surface area (Å²) in [6.07, 6.45) is -10.0. The highest BCUT2D eigenvalue weighted by molar-refractivity contribution is 8.13. The van der Waals surface area contributed by atoms with Gasteiger partial charge in [0, 0.05) is 10.7 Å². The summed E-state index contributed by atoms with van der Waals surface area (Å²) in [5, 5.41) is 0. The minimum atomic E-state index is -5.02. The van der Waals surface area contributed by atoms with Gasteiger partial charge in [-0.1, -0.05) is 0 Å². The highest BCUT2D eigenvalue weighted by atomic mass is 35.7. The lowest BCUT2D eigenvalue weighted by atomic mass is 10.1. The van der Waals surface area contributed by atoms with Crippen molar-refractivity contribution in [3.8, 4) is 0 Å². The molecular formula is C9H5ClF6O2S. The van der Waals surface area contributed by atoms with E-state index in [2.05, 4.69) is 0 Å². The van der Waals surface area contributed by atoms with Gasteiger partial charge in [-0.25, -0.2) is 8.42 Å². The lowest BCUT2D eigenvalue weighted by Crippen LogP contribution is -2.12. The molecule has 0 aliphatic rings. The smallest absolute Gasteiger partial charge is 0.212 e. The molecule has 0 saturated carbocycles. The summed E-state index contributed by atoms with van der Waals surface area (Å²) in [6.45, 7) is 0. The van der Waals surface area contributed by atoms with Gasteiger partial charge >= 0.3 is 12.4 Å². The third-order valence-corrected chi connectivity index (χ3v) is 2.99. The molecule has 0 spiro atoms. The zero-order chi connectivity index (χ0) is 15.1. The second-order valence-corrected chi connectivity index (χ2v) is 6.37. The second-order valence-electron chi connectivity index (χ2n) is 3.60. The first kappa shape index (κ1) is 16.1. The van der Waals surface area contributed by atoms with Gasteiger partial charge in [-0.3, -0.25) is 0 Å². The molecule has 0 aliphatic carbocycles. The van der Waals surface area contributed by atoms with Crippen molar-refractivity contribution in [1.29, 1.82) is 0 Å². The van der Waals surface area contributed by atoms with Gasteiger partial charge in [0.15, 0.2) is 0 Å². The number of hydrogen-bond acceptors (Lipinski definition) is 2. The van der Waals surface area contributed by atoms with Crippen LogP contribution >= 0.6 is 10.7 Å². The molecule has 0 unspecified atom stereocenters. The van der Waals surface area contributed by atoms with Crippen molar-refractivity contribution in [3.05, 3.63) is 34.9 Å². The van der Waals surface area contributed by atoms with Crippen LogP contribution in [0.2, 0.25) is 0 Å². The Labute approximate surface area is 108 Å². The van der Waals surface area contributed by atoms with Crippen molar-refractivity contribution in [2.45, 2.75) is 18.1 Å². The minimum absolute atomic E-state index is 0.0929. The summed E-state index contributed by atoms with van der Waals surface area (Å²) in [6, 6.07) is 0.536. The topological polar surface area (TPSA) is 34.1 Å². The quantitative estimate of drug-likeness (QED) is 0.612. The molecule has 0 aliphatic heterocycles. The van der Waals surface area contributed by atoms with Crippen LogP contribution in [0.1, 0.15) is 16.7 Å². The number of hydrogen-bond donors (Lipinski definition) is 0. The summed E-state index contributed by atoms with van der Waals surface area (Å²) in [4.78, 5) is 0. The van der Waals surface area contributed by atoms with E-state index in [1.165, 1.54) is 0 Å². The van der Waals surface area contributed by atoms with E-state index in [1.54, 1.807) is 0 Å². The van der Waals surface area contributed by atoms with Crippen LogP contribution in [0.25, 0.3) is 0 Å². The molecule has 0 heterocycles. The Hall–Kier alpha value is -0.960. The molecule has 1 aromatic carbocycles. The van der Waals surface area contributed by atoms with Crippen molar-refractivity contribution in [2.75, 3.05) is 0 Å². The highest BCUT2D eigenvalue weighted by Gasteiger charge is 2.37. The van der Waals surface area contributed by atoms with Crippen LogP contribution in [0.15, 0.2) is 18.2 Å². The molecule has 19 heavy (non-hydrogen) atoms. The molecule has 0 saturated heterocycles. The SMILES string of the molecule is O=S(=O)(Cl)Cc1cc(C(F)(F)F)cc(C(F)(F)F)c1. The molecule has 108 valence electrons. The molecule has 1 aromatic rings. The normalized spacial score (nSPS) is 13.6. The Morgan fingerprint density at radius 1 is 0.895 bits per heavy atom. The highest BCUT2D eigenvalue weighted by Crippen LogP contribution is 2.36. The third kappa shape index (κ3) is 4.90. The van der Waals surface area contributed by atoms with Gasteiger partial charge < -0.3 is 0 Å². The van der Waals surface area contributed by atoms with Crippen LogP contribution in [-0.4, -0.2) is 8.42 Å². The summed E-state index contributed by atoms with van der Waals surface area (Å²) >= 11 is 0. The molecule has 0 atom stereocenters. The third-order valence-electron chi connectivity index (χ3n) is 1.99. The first-order valence-electron chi connectivity index (χ1n) is 4.50. The molecule has 0 amide bonds. The molecule has 2 nitrogen and oxygen atoms in total. The maximum absolute atomic E-state index is 12.4. The van der Waals surface area contributed by atoms with Crippen LogP contribution in [0.3, 0.4) is 0 Å². The molecule has 0 fully saturated rings. The van der Waals surface area contributed by atoms with Crippen molar-refractivity contribution >= 4 is 19.7 Å². The van der Waals surface area contributed by atoms with E-state index < -0.39 is 43.8 Å². The van der Waals surface area contributed by atoms with Crippen LogP contribution in [0, 0.1) is 0 Å². The van der Waals surface area contributed by atoms with Gasteiger partial charge in [-0.05, 0) is 23.8 Å². The van der Waals surface area contributed by atoms with Crippen molar-refractivity contribution in [2.24, 2.45) is 0 Å². The molecule has 0 bridgehead atoms. The lowest BCUT2D eigenvalue weighted by molar-refractivity contribution is -0.143. The zero-order valence-corrected chi connectivity index (χ0v) is 10.4. The van der Waals surface area contributed by atoms with Gasteiger partial charge in [0.25, 0.3) is 0 Å². The van der Waals surface area contributed by atoms with E-state index in [9.17, 15) is 34.8 Å². The van der Waals surface area contributed by atoms with E-state index in [1.807, 2.05) is 0 Å². The first-order chi connectivity index (χ1) is 8.29. The Morgan fingerprint density at radius 3 is 1.53 bits per heavy atom. The standard InChI is InChI=1S/C9H5ClF6O2S/c10-19(17,18)4-5-1-6(8(11,12)13)3-7(2-5)9(14,15)16/h1-3H,4H2. The summed E-state index contributed by atoms with van der Waals surface area (Å²) in [7, 11) is 0.546. The van der Waals surface area contributed by atoms with Gasteiger partial charge in [-0.15, -0.1) is 0 Å². The fourth-order valence-electron chi connectivity index (χ4n) is 1.30. The predicted molar refractivity (Wildman–Crippen MR) is 54.9 cm³/mol. The zero-order valence-electron chi connectivity index (χ0n) is 8.81.